The zero-order chi connectivity index (χ0) is 7.61. The van der Waals surface area contributed by atoms with Crippen LogP contribution in [0.25, 0.3) is 0 Å². The normalized spacial score (nSPS) is 11.5. The van der Waals surface area contributed by atoms with Crippen LogP contribution in [0.3, 0.4) is 0 Å². The Hall–Kier alpha value is -0.920. The van der Waals surface area contributed by atoms with Crippen molar-refractivity contribution < 1.29 is 0 Å². The Balaban J connectivity index is 2.97. The number of nitrogens with zero attached hydrogens (tertiary/aromatic N) is 2. The molecule has 1 aromatic heterocycles. The number of hydrogen-bond acceptors (Lipinski definition) is 2. The van der Waals surface area contributed by atoms with Crippen LogP contribution >= 0.6 is 0 Å². The molecule has 0 saturated carbocycles. The van der Waals surface area contributed by atoms with Gasteiger partial charge in [-0.25, -0.2) is 0 Å². The molecule has 0 N–H and O–H groups in total. The van der Waals surface area contributed by atoms with Crippen molar-refractivity contribution >= 4 is 0 Å². The smallest absolute Gasteiger partial charge is 0.0763 e. The fourth-order valence-electron chi connectivity index (χ4n) is 0.636. The van der Waals surface area contributed by atoms with E-state index in [2.05, 4.69) is 37.0 Å². The molecule has 0 atom stereocenters. The summed E-state index contributed by atoms with van der Waals surface area (Å²) in [4.78, 5) is 0. The molecule has 1 rings (SSSR count). The Labute approximate surface area is 61.3 Å². The molecule has 0 unspecified atom stereocenters. The lowest BCUT2D eigenvalue weighted by atomic mass is 9.92. The standard InChI is InChI=1S/C8H11N2/c1-8(2,3)7-5-4-6-9-10-7/h4,6H,1-3H3. The van der Waals surface area contributed by atoms with Crippen LogP contribution in [0, 0.1) is 6.07 Å². The second-order valence-electron chi connectivity index (χ2n) is 3.27. The minimum atomic E-state index is 0.0637. The zero-order valence-corrected chi connectivity index (χ0v) is 6.55. The van der Waals surface area contributed by atoms with E-state index in [4.69, 9.17) is 0 Å². The molecule has 0 saturated heterocycles. The summed E-state index contributed by atoms with van der Waals surface area (Å²) in [7, 11) is 0. The highest BCUT2D eigenvalue weighted by Crippen LogP contribution is 2.17. The predicted molar refractivity (Wildman–Crippen MR) is 39.6 cm³/mol. The third kappa shape index (κ3) is 1.53. The summed E-state index contributed by atoms with van der Waals surface area (Å²) in [6.45, 7) is 6.27. The number of aromatic nitrogens is 2. The Kier molecular flexibility index (Phi) is 1.70. The van der Waals surface area contributed by atoms with Crippen LogP contribution in [0.15, 0.2) is 12.3 Å². The fraction of sp³-hybridized carbons (Fsp3) is 0.500. The molecule has 0 fully saturated rings. The van der Waals surface area contributed by atoms with Crippen molar-refractivity contribution in [3.63, 3.8) is 0 Å². The maximum atomic E-state index is 3.94. The van der Waals surface area contributed by atoms with Crippen molar-refractivity contribution in [2.45, 2.75) is 26.2 Å². The highest BCUT2D eigenvalue weighted by Gasteiger charge is 2.14. The van der Waals surface area contributed by atoms with Gasteiger partial charge in [0.2, 0.25) is 0 Å². The van der Waals surface area contributed by atoms with Gasteiger partial charge in [-0.2, -0.15) is 10.2 Å². The van der Waals surface area contributed by atoms with Gasteiger partial charge >= 0.3 is 0 Å². The summed E-state index contributed by atoms with van der Waals surface area (Å²) in [5.74, 6) is 0. The van der Waals surface area contributed by atoms with Gasteiger partial charge in [0.05, 0.1) is 11.9 Å². The monoisotopic (exact) mass is 135 g/mol. The van der Waals surface area contributed by atoms with Gasteiger partial charge in [0.25, 0.3) is 0 Å². The van der Waals surface area contributed by atoms with E-state index in [9.17, 15) is 0 Å². The number of hydrogen-bond donors (Lipinski definition) is 0. The van der Waals surface area contributed by atoms with Crippen LogP contribution in [0.2, 0.25) is 0 Å². The van der Waals surface area contributed by atoms with Gasteiger partial charge in [0, 0.05) is 11.5 Å². The van der Waals surface area contributed by atoms with Gasteiger partial charge < -0.3 is 0 Å². The molecule has 0 aliphatic heterocycles. The first-order valence-electron chi connectivity index (χ1n) is 3.30. The molecule has 2 heteroatoms. The van der Waals surface area contributed by atoms with Crippen molar-refractivity contribution in [3.05, 3.63) is 24.0 Å². The molecule has 0 bridgehead atoms. The quantitative estimate of drug-likeness (QED) is 0.539. The van der Waals surface area contributed by atoms with Gasteiger partial charge in [0.15, 0.2) is 0 Å². The van der Waals surface area contributed by atoms with E-state index >= 15 is 0 Å². The minimum absolute atomic E-state index is 0.0637. The molecule has 10 heavy (non-hydrogen) atoms. The zero-order valence-electron chi connectivity index (χ0n) is 6.55. The molecule has 0 amide bonds. The minimum Gasteiger partial charge on any atom is -0.159 e. The van der Waals surface area contributed by atoms with E-state index < -0.39 is 0 Å². The number of rotatable bonds is 0. The average Bonchev–Trinajstić information content (AvgIpc) is 1.88. The topological polar surface area (TPSA) is 25.8 Å². The summed E-state index contributed by atoms with van der Waals surface area (Å²) in [6.07, 6.45) is 1.63. The lowest BCUT2D eigenvalue weighted by molar-refractivity contribution is 0.557. The Morgan fingerprint density at radius 1 is 1.40 bits per heavy atom. The highest BCUT2D eigenvalue weighted by atomic mass is 15.1. The molecule has 1 aromatic rings. The lowest BCUT2D eigenvalue weighted by Gasteiger charge is -2.14. The largest absolute Gasteiger partial charge is 0.159 e. The fourth-order valence-corrected chi connectivity index (χ4v) is 0.636. The summed E-state index contributed by atoms with van der Waals surface area (Å²) in [6, 6.07) is 4.82. The van der Waals surface area contributed by atoms with Gasteiger partial charge in [-0.15, -0.1) is 0 Å². The summed E-state index contributed by atoms with van der Waals surface area (Å²) < 4.78 is 0. The van der Waals surface area contributed by atoms with E-state index in [0.29, 0.717) is 0 Å². The van der Waals surface area contributed by atoms with E-state index in [1.165, 1.54) is 0 Å². The average molecular weight is 135 g/mol. The first-order valence-corrected chi connectivity index (χ1v) is 3.30. The molecular weight excluding hydrogens is 124 g/mol. The van der Waals surface area contributed by atoms with Crippen molar-refractivity contribution in [1.82, 2.24) is 10.2 Å². The molecule has 0 spiro atoms. The van der Waals surface area contributed by atoms with E-state index in [-0.39, 0.29) is 5.41 Å². The molecule has 1 radical (unpaired) electrons. The lowest BCUT2D eigenvalue weighted by Crippen LogP contribution is -2.13. The Bertz CT molecular complexity index is 198. The molecule has 0 aliphatic carbocycles. The molecule has 0 aromatic carbocycles. The predicted octanol–water partition coefficient (Wildman–Crippen LogP) is 1.57. The molecule has 0 aliphatic rings. The van der Waals surface area contributed by atoms with Gasteiger partial charge in [-0.1, -0.05) is 20.8 Å². The van der Waals surface area contributed by atoms with Crippen molar-refractivity contribution in [2.75, 3.05) is 0 Å². The van der Waals surface area contributed by atoms with Gasteiger partial charge in [-0.3, -0.25) is 0 Å². The maximum Gasteiger partial charge on any atom is 0.0763 e. The maximum absolute atomic E-state index is 3.94. The van der Waals surface area contributed by atoms with Crippen LogP contribution in [0.4, 0.5) is 0 Å². The third-order valence-electron chi connectivity index (χ3n) is 1.23. The van der Waals surface area contributed by atoms with Crippen LogP contribution in [0.5, 0.6) is 0 Å². The van der Waals surface area contributed by atoms with Crippen LogP contribution in [-0.2, 0) is 5.41 Å². The second kappa shape index (κ2) is 2.37. The Morgan fingerprint density at radius 2 is 2.10 bits per heavy atom. The molecule has 1 heterocycles. The highest BCUT2D eigenvalue weighted by molar-refractivity contribution is 5.07. The van der Waals surface area contributed by atoms with Crippen LogP contribution in [-0.4, -0.2) is 10.2 Å². The van der Waals surface area contributed by atoms with Crippen LogP contribution in [0.1, 0.15) is 26.5 Å². The van der Waals surface area contributed by atoms with Gasteiger partial charge in [0.1, 0.15) is 0 Å². The van der Waals surface area contributed by atoms with Crippen molar-refractivity contribution in [2.24, 2.45) is 0 Å². The first-order chi connectivity index (χ1) is 4.61. The third-order valence-corrected chi connectivity index (χ3v) is 1.23. The second-order valence-corrected chi connectivity index (χ2v) is 3.27. The van der Waals surface area contributed by atoms with Gasteiger partial charge in [-0.05, 0) is 6.07 Å². The first kappa shape index (κ1) is 7.19. The van der Waals surface area contributed by atoms with Crippen molar-refractivity contribution in [1.29, 1.82) is 0 Å². The summed E-state index contributed by atoms with van der Waals surface area (Å²) in [5, 5.41) is 7.71. The van der Waals surface area contributed by atoms with E-state index in [1.807, 2.05) is 0 Å². The Morgan fingerprint density at radius 3 is 2.40 bits per heavy atom. The summed E-state index contributed by atoms with van der Waals surface area (Å²) >= 11 is 0. The summed E-state index contributed by atoms with van der Waals surface area (Å²) in [5.41, 5.74) is 0.976. The van der Waals surface area contributed by atoms with Crippen molar-refractivity contribution in [3.8, 4) is 0 Å². The molecular formula is C8H11N2. The van der Waals surface area contributed by atoms with E-state index in [0.717, 1.165) is 5.69 Å². The van der Waals surface area contributed by atoms with E-state index in [1.54, 1.807) is 12.3 Å². The molecule has 53 valence electrons. The molecule has 2 nitrogen and oxygen atoms in total. The van der Waals surface area contributed by atoms with Crippen LogP contribution < -0.4 is 0 Å². The SMILES string of the molecule is CC(C)(C)c1[c]ccnn1.